The highest BCUT2D eigenvalue weighted by Crippen LogP contribution is 2.56. The van der Waals surface area contributed by atoms with Gasteiger partial charge in [0.2, 0.25) is 0 Å². The first-order chi connectivity index (χ1) is 13.9. The third-order valence-corrected chi connectivity index (χ3v) is 9.48. The Labute approximate surface area is 187 Å². The van der Waals surface area contributed by atoms with Crippen LogP contribution < -0.4 is 5.73 Å². The molecule has 8 heteroatoms. The molecule has 0 spiro atoms. The SMILES string of the molecule is CC1(C)CCCC(C)(C2(C)CC(O)CC(C)(C3(C)CC(N)CC(C)(C)N3O)N2O)N1O. The Morgan fingerprint density at radius 1 is 0.613 bits per heavy atom. The van der Waals surface area contributed by atoms with Crippen LogP contribution in [0.3, 0.4) is 0 Å². The maximum absolute atomic E-state index is 12.0. The molecule has 0 aliphatic carbocycles. The largest absolute Gasteiger partial charge is 0.393 e. The van der Waals surface area contributed by atoms with Crippen LogP contribution in [0.15, 0.2) is 0 Å². The van der Waals surface area contributed by atoms with Crippen molar-refractivity contribution >= 4 is 0 Å². The molecule has 0 aromatic rings. The van der Waals surface area contributed by atoms with Gasteiger partial charge in [0.25, 0.3) is 0 Å². The summed E-state index contributed by atoms with van der Waals surface area (Å²) < 4.78 is 0. The highest BCUT2D eigenvalue weighted by Gasteiger charge is 2.68. The molecule has 3 rings (SSSR count). The van der Waals surface area contributed by atoms with Crippen molar-refractivity contribution in [2.24, 2.45) is 5.73 Å². The van der Waals surface area contributed by atoms with Crippen LogP contribution in [0.25, 0.3) is 0 Å². The Balaban J connectivity index is 2.11. The molecule has 0 saturated carbocycles. The van der Waals surface area contributed by atoms with Crippen molar-refractivity contribution in [3.8, 4) is 0 Å². The average molecular weight is 443 g/mol. The monoisotopic (exact) mass is 442 g/mol. The highest BCUT2D eigenvalue weighted by atomic mass is 16.5. The van der Waals surface area contributed by atoms with E-state index in [-0.39, 0.29) is 6.04 Å². The lowest BCUT2D eigenvalue weighted by molar-refractivity contribution is -0.383. The molecule has 0 radical (unpaired) electrons. The molecule has 31 heavy (non-hydrogen) atoms. The van der Waals surface area contributed by atoms with Crippen LogP contribution in [-0.2, 0) is 0 Å². The highest BCUT2D eigenvalue weighted by molar-refractivity contribution is 5.21. The van der Waals surface area contributed by atoms with Gasteiger partial charge in [0.1, 0.15) is 0 Å². The van der Waals surface area contributed by atoms with E-state index in [2.05, 4.69) is 0 Å². The molecule has 182 valence electrons. The molecule has 3 heterocycles. The van der Waals surface area contributed by atoms with Gasteiger partial charge >= 0.3 is 0 Å². The summed E-state index contributed by atoms with van der Waals surface area (Å²) in [5.74, 6) is 0. The van der Waals surface area contributed by atoms with E-state index in [1.165, 1.54) is 15.2 Å². The van der Waals surface area contributed by atoms with Gasteiger partial charge in [-0.05, 0) is 100 Å². The van der Waals surface area contributed by atoms with Crippen LogP contribution in [0.4, 0.5) is 0 Å². The number of hydrogen-bond acceptors (Lipinski definition) is 8. The summed E-state index contributed by atoms with van der Waals surface area (Å²) in [6.07, 6.45) is 3.49. The fraction of sp³-hybridized carbons (Fsp3) is 1.00. The summed E-state index contributed by atoms with van der Waals surface area (Å²) in [5, 5.41) is 49.9. The quantitative estimate of drug-likeness (QED) is 0.443. The zero-order chi connectivity index (χ0) is 23.8. The van der Waals surface area contributed by atoms with E-state index in [9.17, 15) is 20.7 Å². The molecule has 3 aliphatic rings. The molecule has 6 unspecified atom stereocenters. The third kappa shape index (κ3) is 3.41. The first kappa shape index (κ1) is 25.3. The molecular formula is C23H46N4O4. The summed E-state index contributed by atoms with van der Waals surface area (Å²) in [4.78, 5) is 0. The molecular weight excluding hydrogens is 396 g/mol. The Morgan fingerprint density at radius 3 is 1.61 bits per heavy atom. The van der Waals surface area contributed by atoms with Crippen LogP contribution >= 0.6 is 0 Å². The number of nitrogens with zero attached hydrogens (tertiary/aromatic N) is 3. The number of aliphatic hydroxyl groups excluding tert-OH is 1. The van der Waals surface area contributed by atoms with Gasteiger partial charge in [-0.3, -0.25) is 0 Å². The molecule has 3 fully saturated rings. The first-order valence-corrected chi connectivity index (χ1v) is 11.8. The van der Waals surface area contributed by atoms with Gasteiger partial charge < -0.3 is 26.5 Å². The number of piperidine rings is 3. The van der Waals surface area contributed by atoms with Gasteiger partial charge in [-0.1, -0.05) is 0 Å². The van der Waals surface area contributed by atoms with Gasteiger partial charge in [-0.2, -0.15) is 15.2 Å². The smallest absolute Gasteiger partial charge is 0.0668 e. The predicted molar refractivity (Wildman–Crippen MR) is 119 cm³/mol. The molecule has 3 aliphatic heterocycles. The van der Waals surface area contributed by atoms with Gasteiger partial charge in [0, 0.05) is 17.1 Å². The number of hydrogen-bond donors (Lipinski definition) is 5. The molecule has 6 atom stereocenters. The van der Waals surface area contributed by atoms with E-state index in [1.54, 1.807) is 0 Å². The fourth-order valence-corrected chi connectivity index (χ4v) is 7.36. The summed E-state index contributed by atoms with van der Waals surface area (Å²) in [6.45, 7) is 15.7. The van der Waals surface area contributed by atoms with Crippen molar-refractivity contribution in [2.75, 3.05) is 0 Å². The van der Waals surface area contributed by atoms with Crippen molar-refractivity contribution in [1.29, 1.82) is 0 Å². The predicted octanol–water partition coefficient (Wildman–Crippen LogP) is 3.11. The Kier molecular flexibility index (Phi) is 5.99. The van der Waals surface area contributed by atoms with Crippen molar-refractivity contribution < 1.29 is 20.7 Å². The second kappa shape index (κ2) is 7.34. The molecule has 0 aromatic heterocycles. The molecule has 0 bridgehead atoms. The van der Waals surface area contributed by atoms with Crippen LogP contribution in [0.5, 0.6) is 0 Å². The molecule has 0 aromatic carbocycles. The normalized spacial score (nSPS) is 49.8. The van der Waals surface area contributed by atoms with Crippen LogP contribution in [-0.4, -0.2) is 81.3 Å². The average Bonchev–Trinajstić information content (AvgIpc) is 2.61. The van der Waals surface area contributed by atoms with E-state index < -0.39 is 39.3 Å². The van der Waals surface area contributed by atoms with Crippen molar-refractivity contribution in [3.05, 3.63) is 0 Å². The summed E-state index contributed by atoms with van der Waals surface area (Å²) in [5.41, 5.74) is 1.75. The lowest BCUT2D eigenvalue weighted by atomic mass is 9.58. The maximum Gasteiger partial charge on any atom is 0.0668 e. The van der Waals surface area contributed by atoms with E-state index >= 15 is 0 Å². The topological polar surface area (TPSA) is 117 Å². The van der Waals surface area contributed by atoms with Gasteiger partial charge in [-0.25, -0.2) is 0 Å². The van der Waals surface area contributed by atoms with E-state index in [1.807, 2.05) is 55.4 Å². The zero-order valence-corrected chi connectivity index (χ0v) is 20.8. The zero-order valence-electron chi connectivity index (χ0n) is 20.8. The van der Waals surface area contributed by atoms with Gasteiger partial charge in [0.15, 0.2) is 0 Å². The fourth-order valence-electron chi connectivity index (χ4n) is 7.36. The first-order valence-electron chi connectivity index (χ1n) is 11.8. The Morgan fingerprint density at radius 2 is 1.06 bits per heavy atom. The second-order valence-corrected chi connectivity index (χ2v) is 12.7. The van der Waals surface area contributed by atoms with Crippen molar-refractivity contribution in [2.45, 2.75) is 146 Å². The lowest BCUT2D eigenvalue weighted by Gasteiger charge is -2.69. The van der Waals surface area contributed by atoms with E-state index in [4.69, 9.17) is 5.73 Å². The molecule has 0 amide bonds. The number of aliphatic hydroxyl groups is 1. The van der Waals surface area contributed by atoms with E-state index in [0.29, 0.717) is 32.1 Å². The maximum atomic E-state index is 12.0. The van der Waals surface area contributed by atoms with Crippen LogP contribution in [0, 0.1) is 0 Å². The Bertz CT molecular complexity index is 705. The lowest BCUT2D eigenvalue weighted by Crippen LogP contribution is -2.83. The minimum absolute atomic E-state index is 0.141. The van der Waals surface area contributed by atoms with Crippen LogP contribution in [0.1, 0.15) is 100 Å². The number of rotatable bonds is 2. The number of nitrogens with two attached hydrogens (primary N) is 1. The van der Waals surface area contributed by atoms with E-state index in [0.717, 1.165) is 12.8 Å². The van der Waals surface area contributed by atoms with Crippen molar-refractivity contribution in [3.63, 3.8) is 0 Å². The van der Waals surface area contributed by atoms with Crippen molar-refractivity contribution in [1.82, 2.24) is 15.2 Å². The molecule has 8 nitrogen and oxygen atoms in total. The molecule has 6 N–H and O–H groups in total. The summed E-state index contributed by atoms with van der Waals surface area (Å²) in [6, 6.07) is -0.141. The minimum Gasteiger partial charge on any atom is -0.393 e. The second-order valence-electron chi connectivity index (χ2n) is 12.7. The standard InChI is InChI=1S/C23H46N4O4/c1-18(2)10-9-11-20(5,25(18)29)22(7)14-17(28)15-23(8,27(22)31)21(6)13-16(24)12-19(3,4)26(21)30/h16-17,28-31H,9-15,24H2,1-8H3. The molecule has 3 saturated heterocycles. The summed E-state index contributed by atoms with van der Waals surface area (Å²) in [7, 11) is 0. The van der Waals surface area contributed by atoms with Crippen LogP contribution in [0.2, 0.25) is 0 Å². The minimum atomic E-state index is -1.01. The number of hydroxylamine groups is 6. The van der Waals surface area contributed by atoms with Gasteiger partial charge in [0.05, 0.1) is 28.3 Å². The summed E-state index contributed by atoms with van der Waals surface area (Å²) >= 11 is 0. The third-order valence-electron chi connectivity index (χ3n) is 9.48. The Hall–Kier alpha value is -0.320. The van der Waals surface area contributed by atoms with Gasteiger partial charge in [-0.15, -0.1) is 0 Å².